The van der Waals surface area contributed by atoms with E-state index in [1.807, 2.05) is 19.1 Å². The van der Waals surface area contributed by atoms with Crippen LogP contribution in [0.2, 0.25) is 0 Å². The number of aliphatic hydroxyl groups is 1. The van der Waals surface area contributed by atoms with E-state index in [0.717, 1.165) is 24.2 Å². The standard InChI is InChI=1S/C24H38O3.C4H8O/c1-10-18(4)23(20(6)26-9)16-19(5)24(7,8)15-13-14-22(12-3)27-17-21(25)11-2;1-2-4-3-5-4/h12-16,18,21,25H,3,5-6,10-11,17H2,1-2,4,7-9H3;4H,2-3H2,1H3/b15-13+,22-14+,23-16-;. The lowest BCUT2D eigenvalue weighted by atomic mass is 9.82. The number of ether oxygens (including phenoxy) is 3. The average Bonchev–Trinajstić information content (AvgIpc) is 3.63. The first-order chi connectivity index (χ1) is 15.1. The second kappa shape index (κ2) is 15.7. The molecule has 0 spiro atoms. The molecule has 1 fully saturated rings. The Hall–Kier alpha value is -2.04. The summed E-state index contributed by atoms with van der Waals surface area (Å²) in [6.45, 7) is 25.9. The van der Waals surface area contributed by atoms with Gasteiger partial charge in [-0.2, -0.15) is 0 Å². The van der Waals surface area contributed by atoms with Crippen molar-refractivity contribution < 1.29 is 19.3 Å². The van der Waals surface area contributed by atoms with Gasteiger partial charge in [0.25, 0.3) is 0 Å². The molecule has 0 aromatic rings. The predicted octanol–water partition coefficient (Wildman–Crippen LogP) is 6.91. The van der Waals surface area contributed by atoms with E-state index < -0.39 is 6.10 Å². The molecular formula is C28H46O4. The van der Waals surface area contributed by atoms with Gasteiger partial charge < -0.3 is 19.3 Å². The van der Waals surface area contributed by atoms with E-state index >= 15 is 0 Å². The fourth-order valence-electron chi connectivity index (χ4n) is 2.49. The first-order valence-corrected chi connectivity index (χ1v) is 11.6. The maximum Gasteiger partial charge on any atom is 0.118 e. The second-order valence-corrected chi connectivity index (χ2v) is 8.65. The van der Waals surface area contributed by atoms with Gasteiger partial charge >= 0.3 is 0 Å². The van der Waals surface area contributed by atoms with Gasteiger partial charge in [-0.05, 0) is 48.5 Å². The molecule has 4 nitrogen and oxygen atoms in total. The molecule has 4 heteroatoms. The molecule has 182 valence electrons. The lowest BCUT2D eigenvalue weighted by molar-refractivity contribution is 0.0733. The summed E-state index contributed by atoms with van der Waals surface area (Å²) < 4.78 is 15.8. The first kappa shape index (κ1) is 30.0. The maximum absolute atomic E-state index is 9.60. The molecule has 0 aromatic carbocycles. The lowest BCUT2D eigenvalue weighted by Gasteiger charge is -2.24. The summed E-state index contributed by atoms with van der Waals surface area (Å²) in [7, 11) is 1.64. The van der Waals surface area contributed by atoms with E-state index in [4.69, 9.17) is 14.2 Å². The molecule has 1 heterocycles. The van der Waals surface area contributed by atoms with Crippen molar-refractivity contribution in [3.05, 3.63) is 72.8 Å². The van der Waals surface area contributed by atoms with Crippen LogP contribution < -0.4 is 0 Å². The molecule has 3 atom stereocenters. The van der Waals surface area contributed by atoms with Crippen molar-refractivity contribution in [2.45, 2.75) is 73.0 Å². The number of rotatable bonds is 14. The van der Waals surface area contributed by atoms with Crippen LogP contribution >= 0.6 is 0 Å². The topological polar surface area (TPSA) is 51.2 Å². The van der Waals surface area contributed by atoms with E-state index in [0.29, 0.717) is 30.0 Å². The fourth-order valence-corrected chi connectivity index (χ4v) is 2.49. The molecule has 1 N–H and O–H groups in total. The summed E-state index contributed by atoms with van der Waals surface area (Å²) in [6, 6.07) is 0. The average molecular weight is 447 g/mol. The van der Waals surface area contributed by atoms with Crippen LogP contribution in [0.1, 0.15) is 60.8 Å². The maximum atomic E-state index is 9.60. The molecule has 32 heavy (non-hydrogen) atoms. The second-order valence-electron chi connectivity index (χ2n) is 8.65. The molecule has 0 bridgehead atoms. The van der Waals surface area contributed by atoms with Gasteiger partial charge in [0.2, 0.25) is 0 Å². The quantitative estimate of drug-likeness (QED) is 0.179. The highest BCUT2D eigenvalue weighted by atomic mass is 16.6. The highest BCUT2D eigenvalue weighted by molar-refractivity contribution is 5.38. The molecule has 1 aliphatic rings. The molecule has 0 amide bonds. The molecule has 1 rings (SSSR count). The minimum absolute atomic E-state index is 0.252. The van der Waals surface area contributed by atoms with Crippen molar-refractivity contribution in [2.75, 3.05) is 20.3 Å². The van der Waals surface area contributed by atoms with Crippen LogP contribution in [0.15, 0.2) is 72.8 Å². The Bertz CT molecular complexity index is 678. The van der Waals surface area contributed by atoms with Crippen LogP contribution in [0.4, 0.5) is 0 Å². The Kier molecular flexibility index (Phi) is 14.7. The van der Waals surface area contributed by atoms with Gasteiger partial charge in [-0.3, -0.25) is 0 Å². The highest BCUT2D eigenvalue weighted by Gasteiger charge is 2.20. The Balaban J connectivity index is 0.00000167. The van der Waals surface area contributed by atoms with Gasteiger partial charge in [0, 0.05) is 5.41 Å². The third kappa shape index (κ3) is 12.1. The van der Waals surface area contributed by atoms with E-state index in [2.05, 4.69) is 66.5 Å². The molecule has 3 unspecified atom stereocenters. The zero-order chi connectivity index (χ0) is 24.7. The minimum Gasteiger partial charge on any atom is -0.497 e. The first-order valence-electron chi connectivity index (χ1n) is 11.6. The van der Waals surface area contributed by atoms with Crippen LogP contribution in [-0.4, -0.2) is 37.6 Å². The molecular weight excluding hydrogens is 400 g/mol. The van der Waals surface area contributed by atoms with Crippen molar-refractivity contribution >= 4 is 0 Å². The van der Waals surface area contributed by atoms with Crippen LogP contribution in [0, 0.1) is 11.3 Å². The number of epoxide rings is 1. The number of hydrogen-bond acceptors (Lipinski definition) is 4. The predicted molar refractivity (Wildman–Crippen MR) is 136 cm³/mol. The van der Waals surface area contributed by atoms with Crippen molar-refractivity contribution in [2.24, 2.45) is 11.3 Å². The Morgan fingerprint density at radius 1 is 1.22 bits per heavy atom. The number of methoxy groups -OCH3 is 1. The van der Waals surface area contributed by atoms with Gasteiger partial charge in [0.15, 0.2) is 0 Å². The number of aliphatic hydroxyl groups excluding tert-OH is 1. The van der Waals surface area contributed by atoms with Crippen LogP contribution in [0.5, 0.6) is 0 Å². The van der Waals surface area contributed by atoms with Gasteiger partial charge in [-0.15, -0.1) is 0 Å². The summed E-state index contributed by atoms with van der Waals surface area (Å²) in [5.41, 5.74) is 1.80. The van der Waals surface area contributed by atoms with E-state index in [1.54, 1.807) is 13.2 Å². The summed E-state index contributed by atoms with van der Waals surface area (Å²) >= 11 is 0. The van der Waals surface area contributed by atoms with Gasteiger partial charge in [-0.25, -0.2) is 0 Å². The zero-order valence-corrected chi connectivity index (χ0v) is 21.4. The molecule has 1 aliphatic heterocycles. The van der Waals surface area contributed by atoms with Crippen molar-refractivity contribution in [3.8, 4) is 0 Å². The third-order valence-electron chi connectivity index (χ3n) is 5.61. The van der Waals surface area contributed by atoms with Crippen molar-refractivity contribution in [1.29, 1.82) is 0 Å². The molecule has 0 aromatic heterocycles. The lowest BCUT2D eigenvalue weighted by Crippen LogP contribution is -2.13. The van der Waals surface area contributed by atoms with Gasteiger partial charge in [-0.1, -0.05) is 79.5 Å². The number of hydrogen-bond donors (Lipinski definition) is 1. The van der Waals surface area contributed by atoms with Gasteiger partial charge in [0.1, 0.15) is 18.1 Å². The number of allylic oxidation sites excluding steroid dienone is 7. The minimum atomic E-state index is -0.466. The Morgan fingerprint density at radius 3 is 2.25 bits per heavy atom. The third-order valence-corrected chi connectivity index (χ3v) is 5.61. The van der Waals surface area contributed by atoms with E-state index in [-0.39, 0.29) is 12.0 Å². The van der Waals surface area contributed by atoms with Gasteiger partial charge in [0.05, 0.1) is 25.9 Å². The Labute approximate surface area is 197 Å². The van der Waals surface area contributed by atoms with Crippen molar-refractivity contribution in [1.82, 2.24) is 0 Å². The summed E-state index contributed by atoms with van der Waals surface area (Å²) in [5, 5.41) is 9.60. The molecule has 0 saturated carbocycles. The normalized spacial score (nSPS) is 18.3. The largest absolute Gasteiger partial charge is 0.497 e. The SMILES string of the molecule is C=C/C(=C\C=C\C(C)(C)C(=C)/C=C(\C(=C)OC)C(C)CC)OCC(O)CC.CCC1CO1. The monoisotopic (exact) mass is 446 g/mol. The van der Waals surface area contributed by atoms with E-state index in [9.17, 15) is 5.11 Å². The van der Waals surface area contributed by atoms with Crippen LogP contribution in [-0.2, 0) is 14.2 Å². The molecule has 1 saturated heterocycles. The van der Waals surface area contributed by atoms with Crippen molar-refractivity contribution in [3.63, 3.8) is 0 Å². The van der Waals surface area contributed by atoms with Crippen LogP contribution in [0.25, 0.3) is 0 Å². The summed E-state index contributed by atoms with van der Waals surface area (Å²) in [4.78, 5) is 0. The highest BCUT2D eigenvalue weighted by Crippen LogP contribution is 2.32. The smallest absolute Gasteiger partial charge is 0.118 e. The fraction of sp³-hybridized carbons (Fsp3) is 0.571. The molecule has 0 radical (unpaired) electrons. The van der Waals surface area contributed by atoms with Crippen LogP contribution in [0.3, 0.4) is 0 Å². The summed E-state index contributed by atoms with van der Waals surface area (Å²) in [6.07, 6.45) is 12.6. The Morgan fingerprint density at radius 2 is 1.84 bits per heavy atom. The summed E-state index contributed by atoms with van der Waals surface area (Å²) in [5.74, 6) is 1.66. The van der Waals surface area contributed by atoms with E-state index in [1.165, 1.54) is 6.42 Å². The molecule has 0 aliphatic carbocycles. The zero-order valence-electron chi connectivity index (χ0n) is 21.4.